The predicted molar refractivity (Wildman–Crippen MR) is 122 cm³/mol. The number of hydrogen-bond donors (Lipinski definition) is 2. The second-order valence-electron chi connectivity index (χ2n) is 9.08. The van der Waals surface area contributed by atoms with Gasteiger partial charge in [0.25, 0.3) is 0 Å². The average molecular weight is 401 g/mol. The van der Waals surface area contributed by atoms with E-state index in [1.54, 1.807) is 0 Å². The Balaban J connectivity index is 1.77. The molecule has 1 aliphatic rings. The van der Waals surface area contributed by atoms with Gasteiger partial charge in [-0.15, -0.1) is 0 Å². The Hall–Kier alpha value is -3.21. The fraction of sp³-hybridized carbons (Fsp3) is 0.320. The predicted octanol–water partition coefficient (Wildman–Crippen LogP) is 6.04. The van der Waals surface area contributed by atoms with Crippen molar-refractivity contribution in [1.82, 2.24) is 9.97 Å². The van der Waals surface area contributed by atoms with Gasteiger partial charge in [0, 0.05) is 17.8 Å². The number of anilines is 4. The Morgan fingerprint density at radius 3 is 2.37 bits per heavy atom. The van der Waals surface area contributed by atoms with Crippen LogP contribution in [0.15, 0.2) is 42.5 Å². The molecule has 0 bridgehead atoms. The molecule has 1 heterocycles. The zero-order valence-corrected chi connectivity index (χ0v) is 18.3. The van der Waals surface area contributed by atoms with Gasteiger partial charge in [-0.1, -0.05) is 32.0 Å². The molecule has 5 nitrogen and oxygen atoms in total. The molecule has 0 radical (unpaired) electrons. The average Bonchev–Trinajstić information content (AvgIpc) is 2.63. The molecular formula is C25H28N4O. The summed E-state index contributed by atoms with van der Waals surface area (Å²) < 4.78 is 0. The first-order valence-electron chi connectivity index (χ1n) is 10.3. The third-order valence-corrected chi connectivity index (χ3v) is 5.59. The van der Waals surface area contributed by atoms with E-state index in [0.29, 0.717) is 23.8 Å². The fourth-order valence-corrected chi connectivity index (χ4v) is 3.92. The number of hydrogen-bond acceptors (Lipinski definition) is 5. The number of rotatable bonds is 4. The molecule has 0 spiro atoms. The van der Waals surface area contributed by atoms with Crippen molar-refractivity contribution in [3.8, 4) is 0 Å². The minimum Gasteiger partial charge on any atom is -0.339 e. The van der Waals surface area contributed by atoms with Crippen molar-refractivity contribution < 1.29 is 4.79 Å². The lowest BCUT2D eigenvalue weighted by atomic mass is 9.75. The smallest absolute Gasteiger partial charge is 0.229 e. The van der Waals surface area contributed by atoms with E-state index >= 15 is 0 Å². The first-order valence-corrected chi connectivity index (χ1v) is 10.3. The first-order chi connectivity index (χ1) is 14.2. The van der Waals surface area contributed by atoms with Gasteiger partial charge in [0.2, 0.25) is 5.95 Å². The van der Waals surface area contributed by atoms with Crippen molar-refractivity contribution in [3.05, 3.63) is 70.4 Å². The van der Waals surface area contributed by atoms with Gasteiger partial charge in [0.15, 0.2) is 5.78 Å². The van der Waals surface area contributed by atoms with E-state index in [2.05, 4.69) is 50.5 Å². The van der Waals surface area contributed by atoms with Crippen molar-refractivity contribution >= 4 is 28.9 Å². The van der Waals surface area contributed by atoms with Crippen molar-refractivity contribution in [1.29, 1.82) is 0 Å². The zero-order chi connectivity index (χ0) is 21.5. The molecule has 30 heavy (non-hydrogen) atoms. The van der Waals surface area contributed by atoms with Crippen LogP contribution in [0.3, 0.4) is 0 Å². The highest BCUT2D eigenvalue weighted by Crippen LogP contribution is 2.38. The van der Waals surface area contributed by atoms with Crippen molar-refractivity contribution in [2.45, 2.75) is 47.5 Å². The second-order valence-corrected chi connectivity index (χ2v) is 9.08. The van der Waals surface area contributed by atoms with E-state index in [9.17, 15) is 4.79 Å². The quantitative estimate of drug-likeness (QED) is 0.558. The van der Waals surface area contributed by atoms with Gasteiger partial charge >= 0.3 is 0 Å². The summed E-state index contributed by atoms with van der Waals surface area (Å²) in [5, 5.41) is 6.69. The number of aromatic nitrogens is 2. The van der Waals surface area contributed by atoms with Crippen LogP contribution in [0.25, 0.3) is 0 Å². The largest absolute Gasteiger partial charge is 0.339 e. The van der Waals surface area contributed by atoms with Gasteiger partial charge in [0.1, 0.15) is 5.82 Å². The van der Waals surface area contributed by atoms with Crippen LogP contribution in [0.2, 0.25) is 0 Å². The summed E-state index contributed by atoms with van der Waals surface area (Å²) in [6, 6.07) is 14.2. The number of Topliss-reactive ketones (excluding diaryl/α,β-unsaturated/α-hetero) is 1. The molecule has 0 saturated heterocycles. The molecule has 5 heteroatoms. The lowest BCUT2D eigenvalue weighted by Gasteiger charge is -2.30. The van der Waals surface area contributed by atoms with Crippen molar-refractivity contribution in [2.24, 2.45) is 5.41 Å². The highest BCUT2D eigenvalue weighted by atomic mass is 16.1. The van der Waals surface area contributed by atoms with Gasteiger partial charge in [-0.3, -0.25) is 4.79 Å². The molecule has 0 atom stereocenters. The van der Waals surface area contributed by atoms with E-state index < -0.39 is 0 Å². The Labute approximate surface area is 178 Å². The Morgan fingerprint density at radius 2 is 1.63 bits per heavy atom. The van der Waals surface area contributed by atoms with Crippen LogP contribution in [-0.2, 0) is 6.42 Å². The summed E-state index contributed by atoms with van der Waals surface area (Å²) in [5.74, 6) is 1.16. The summed E-state index contributed by atoms with van der Waals surface area (Å²) in [5.41, 5.74) is 6.72. The normalized spacial score (nSPS) is 14.9. The topological polar surface area (TPSA) is 66.9 Å². The summed E-state index contributed by atoms with van der Waals surface area (Å²) in [6.45, 7) is 10.4. The number of aryl methyl sites for hydroxylation is 3. The maximum Gasteiger partial charge on any atom is 0.229 e. The monoisotopic (exact) mass is 400 g/mol. The van der Waals surface area contributed by atoms with Crippen LogP contribution in [-0.4, -0.2) is 15.8 Å². The van der Waals surface area contributed by atoms with Crippen molar-refractivity contribution in [2.75, 3.05) is 10.6 Å². The summed E-state index contributed by atoms with van der Waals surface area (Å²) >= 11 is 0. The molecule has 154 valence electrons. The Bertz CT molecular complexity index is 1130. The molecule has 0 unspecified atom stereocenters. The number of nitrogens with one attached hydrogen (secondary N) is 2. The second kappa shape index (κ2) is 7.56. The minimum atomic E-state index is -0.114. The van der Waals surface area contributed by atoms with Gasteiger partial charge < -0.3 is 10.6 Å². The number of carbonyl (C=O) groups excluding carboxylic acids is 1. The van der Waals surface area contributed by atoms with Gasteiger partial charge in [-0.05, 0) is 73.6 Å². The number of fused-ring (bicyclic) bond motifs is 1. The maximum absolute atomic E-state index is 13.0. The highest BCUT2D eigenvalue weighted by Gasteiger charge is 2.35. The van der Waals surface area contributed by atoms with Crippen molar-refractivity contribution in [3.63, 3.8) is 0 Å². The van der Waals surface area contributed by atoms with E-state index in [0.717, 1.165) is 29.1 Å². The molecule has 0 aliphatic heterocycles. The van der Waals surface area contributed by atoms with Crippen LogP contribution >= 0.6 is 0 Å². The van der Waals surface area contributed by atoms with E-state index in [1.807, 2.05) is 37.3 Å². The number of nitrogens with zero attached hydrogens (tertiary/aromatic N) is 2. The first kappa shape index (κ1) is 20.1. The van der Waals surface area contributed by atoms with E-state index in [-0.39, 0.29) is 11.2 Å². The number of carbonyl (C=O) groups is 1. The number of benzene rings is 2. The molecule has 0 saturated carbocycles. The van der Waals surface area contributed by atoms with E-state index in [1.165, 1.54) is 11.1 Å². The molecule has 1 aliphatic carbocycles. The van der Waals surface area contributed by atoms with Crippen LogP contribution < -0.4 is 10.6 Å². The third-order valence-electron chi connectivity index (χ3n) is 5.59. The Kier molecular flexibility index (Phi) is 5.06. The van der Waals surface area contributed by atoms with Gasteiger partial charge in [-0.2, -0.15) is 4.98 Å². The van der Waals surface area contributed by atoms with Gasteiger partial charge in [0.05, 0.1) is 11.3 Å². The van der Waals surface area contributed by atoms with Crippen LogP contribution in [0, 0.1) is 26.2 Å². The third kappa shape index (κ3) is 4.20. The molecule has 4 rings (SSSR count). The molecule has 2 N–H and O–H groups in total. The molecule has 2 aromatic carbocycles. The number of ketones is 1. The fourth-order valence-electron chi connectivity index (χ4n) is 3.92. The standard InChI is InChI=1S/C25H28N4O/c1-15-7-6-8-18(11-15)26-23-22-20(13-25(4,5)14-21(22)30)28-24(29-23)27-19-10-9-16(2)17(3)12-19/h6-12H,13-14H2,1-5H3,(H2,26,27,28,29). The van der Waals surface area contributed by atoms with Crippen LogP contribution in [0.4, 0.5) is 23.1 Å². The molecule has 3 aromatic rings. The summed E-state index contributed by atoms with van der Waals surface area (Å²) in [7, 11) is 0. The molecule has 1 aromatic heterocycles. The van der Waals surface area contributed by atoms with Crippen LogP contribution in [0.5, 0.6) is 0 Å². The molecule has 0 fully saturated rings. The van der Waals surface area contributed by atoms with Crippen LogP contribution in [0.1, 0.15) is 53.0 Å². The summed E-state index contributed by atoms with van der Waals surface area (Å²) in [6.07, 6.45) is 1.23. The Morgan fingerprint density at radius 1 is 0.867 bits per heavy atom. The lowest BCUT2D eigenvalue weighted by molar-refractivity contribution is 0.0911. The maximum atomic E-state index is 13.0. The molecular weight excluding hydrogens is 372 g/mol. The highest BCUT2D eigenvalue weighted by molar-refractivity contribution is 6.03. The van der Waals surface area contributed by atoms with Gasteiger partial charge in [-0.25, -0.2) is 4.98 Å². The SMILES string of the molecule is Cc1cccc(Nc2nc(Nc3ccc(C)c(C)c3)nc3c2C(=O)CC(C)(C)C3)c1. The molecule has 0 amide bonds. The zero-order valence-electron chi connectivity index (χ0n) is 18.3. The summed E-state index contributed by atoms with van der Waals surface area (Å²) in [4.78, 5) is 22.4. The lowest BCUT2D eigenvalue weighted by Crippen LogP contribution is -2.29. The minimum absolute atomic E-state index is 0.0918. The van der Waals surface area contributed by atoms with E-state index in [4.69, 9.17) is 9.97 Å².